The van der Waals surface area contributed by atoms with Gasteiger partial charge in [0.2, 0.25) is 5.89 Å². The van der Waals surface area contributed by atoms with Crippen LogP contribution in [0.5, 0.6) is 0 Å². The Hall–Kier alpha value is -2.02. The van der Waals surface area contributed by atoms with Gasteiger partial charge >= 0.3 is 0 Å². The summed E-state index contributed by atoms with van der Waals surface area (Å²) in [5.74, 6) is -0.462. The van der Waals surface area contributed by atoms with E-state index in [0.717, 1.165) is 12.1 Å². The minimum Gasteiger partial charge on any atom is -0.444 e. The molecule has 0 fully saturated rings. The van der Waals surface area contributed by atoms with Crippen LogP contribution in [0.2, 0.25) is 0 Å². The van der Waals surface area contributed by atoms with Crippen molar-refractivity contribution in [2.75, 3.05) is 5.32 Å². The van der Waals surface area contributed by atoms with Gasteiger partial charge in [0.15, 0.2) is 0 Å². The van der Waals surface area contributed by atoms with Crippen LogP contribution in [0.25, 0.3) is 0 Å². The lowest BCUT2D eigenvalue weighted by Crippen LogP contribution is -2.12. The van der Waals surface area contributed by atoms with Crippen molar-refractivity contribution in [3.05, 3.63) is 47.2 Å². The van der Waals surface area contributed by atoms with Crippen molar-refractivity contribution in [3.8, 4) is 0 Å². The van der Waals surface area contributed by atoms with Gasteiger partial charge in [0, 0.05) is 12.0 Å². The zero-order chi connectivity index (χ0) is 14.7. The summed E-state index contributed by atoms with van der Waals surface area (Å²) in [5, 5.41) is 2.61. The van der Waals surface area contributed by atoms with Crippen molar-refractivity contribution in [2.45, 2.75) is 19.9 Å². The molecule has 4 nitrogen and oxygen atoms in total. The summed E-state index contributed by atoms with van der Waals surface area (Å²) >= 11 is 4.68. The summed E-state index contributed by atoms with van der Waals surface area (Å²) in [6.45, 7) is 2.01. The van der Waals surface area contributed by atoms with Crippen LogP contribution in [0.4, 0.5) is 14.5 Å². The fraction of sp³-hybridized carbons (Fsp3) is 0.231. The van der Waals surface area contributed by atoms with Gasteiger partial charge in [-0.15, -0.1) is 0 Å². The number of nitrogens with zero attached hydrogens (tertiary/aromatic N) is 1. The van der Waals surface area contributed by atoms with Crippen molar-refractivity contribution in [1.82, 2.24) is 4.98 Å². The van der Waals surface area contributed by atoms with E-state index in [2.05, 4.69) is 22.5 Å². The highest BCUT2D eigenvalue weighted by Crippen LogP contribution is 2.21. The number of oxazole rings is 1. The number of thiocarbonyl (C=S) groups is 1. The molecule has 0 atom stereocenters. The number of benzene rings is 1. The van der Waals surface area contributed by atoms with Gasteiger partial charge in [0.25, 0.3) is 0 Å². The molecule has 0 aliphatic heterocycles. The molecule has 0 amide bonds. The summed E-state index contributed by atoms with van der Waals surface area (Å²) in [6.07, 6.45) is 2.29. The van der Waals surface area contributed by atoms with E-state index in [0.29, 0.717) is 18.1 Å². The van der Waals surface area contributed by atoms with E-state index in [-0.39, 0.29) is 22.8 Å². The fourth-order valence-electron chi connectivity index (χ4n) is 1.64. The third-order valence-corrected chi connectivity index (χ3v) is 2.93. The zero-order valence-corrected chi connectivity index (χ0v) is 11.6. The predicted molar refractivity (Wildman–Crippen MR) is 75.5 cm³/mol. The number of nitrogens with one attached hydrogen (secondary N) is 1. The first-order valence-electron chi connectivity index (χ1n) is 5.97. The second kappa shape index (κ2) is 5.96. The summed E-state index contributed by atoms with van der Waals surface area (Å²) in [6, 6.07) is 2.17. The Morgan fingerprint density at radius 1 is 1.40 bits per heavy atom. The van der Waals surface area contributed by atoms with Gasteiger partial charge in [-0.25, -0.2) is 13.8 Å². The Bertz CT molecular complexity index is 619. The molecule has 1 aromatic carbocycles. The van der Waals surface area contributed by atoms with E-state index in [9.17, 15) is 8.78 Å². The first kappa shape index (κ1) is 14.4. The van der Waals surface area contributed by atoms with Gasteiger partial charge in [-0.1, -0.05) is 19.1 Å². The molecule has 0 aliphatic rings. The molecule has 0 spiro atoms. The molecule has 1 heterocycles. The molecule has 0 aliphatic carbocycles. The SMILES string of the molecule is CCc1cnc(CNc2c(F)cc(C(N)=S)cc2F)o1. The third kappa shape index (κ3) is 3.11. The number of anilines is 1. The van der Waals surface area contributed by atoms with Gasteiger partial charge < -0.3 is 15.5 Å². The quantitative estimate of drug-likeness (QED) is 0.831. The van der Waals surface area contributed by atoms with E-state index < -0.39 is 11.6 Å². The molecule has 106 valence electrons. The maximum atomic E-state index is 13.8. The van der Waals surface area contributed by atoms with Gasteiger partial charge in [-0.2, -0.15) is 0 Å². The van der Waals surface area contributed by atoms with E-state index in [1.807, 2.05) is 6.92 Å². The molecule has 7 heteroatoms. The highest BCUT2D eigenvalue weighted by molar-refractivity contribution is 7.80. The highest BCUT2D eigenvalue weighted by atomic mass is 32.1. The average Bonchev–Trinajstić information content (AvgIpc) is 2.85. The summed E-state index contributed by atoms with van der Waals surface area (Å²) < 4.78 is 32.9. The average molecular weight is 297 g/mol. The van der Waals surface area contributed by atoms with Crippen LogP contribution in [-0.2, 0) is 13.0 Å². The second-order valence-electron chi connectivity index (χ2n) is 4.11. The van der Waals surface area contributed by atoms with Crippen LogP contribution < -0.4 is 11.1 Å². The lowest BCUT2D eigenvalue weighted by molar-refractivity contribution is 0.464. The number of halogens is 2. The van der Waals surface area contributed by atoms with Gasteiger partial charge in [-0.05, 0) is 12.1 Å². The number of hydrogen-bond acceptors (Lipinski definition) is 4. The Morgan fingerprint density at radius 3 is 2.55 bits per heavy atom. The van der Waals surface area contributed by atoms with Crippen molar-refractivity contribution < 1.29 is 13.2 Å². The van der Waals surface area contributed by atoms with E-state index in [1.165, 1.54) is 0 Å². The van der Waals surface area contributed by atoms with E-state index in [4.69, 9.17) is 10.2 Å². The molecule has 20 heavy (non-hydrogen) atoms. The van der Waals surface area contributed by atoms with Crippen LogP contribution in [-0.4, -0.2) is 9.97 Å². The molecule has 0 radical (unpaired) electrons. The standard InChI is InChI=1S/C13H13F2N3OS/c1-2-8-5-17-11(19-8)6-18-12-9(14)3-7(13(16)20)4-10(12)15/h3-5,18H,2,6H2,1H3,(H2,16,20). The second-order valence-corrected chi connectivity index (χ2v) is 4.55. The summed E-state index contributed by atoms with van der Waals surface area (Å²) in [7, 11) is 0. The fourth-order valence-corrected chi connectivity index (χ4v) is 1.76. The number of aryl methyl sites for hydroxylation is 1. The number of rotatable bonds is 5. The van der Waals surface area contributed by atoms with Gasteiger partial charge in [0.1, 0.15) is 28.1 Å². The number of aromatic nitrogens is 1. The van der Waals surface area contributed by atoms with Crippen molar-refractivity contribution >= 4 is 22.9 Å². The smallest absolute Gasteiger partial charge is 0.213 e. The maximum Gasteiger partial charge on any atom is 0.213 e. The molecular weight excluding hydrogens is 284 g/mol. The molecule has 1 aromatic heterocycles. The van der Waals surface area contributed by atoms with Crippen LogP contribution in [0, 0.1) is 11.6 Å². The molecule has 0 bridgehead atoms. The first-order chi connectivity index (χ1) is 9.51. The molecule has 2 rings (SSSR count). The molecule has 0 saturated carbocycles. The minimum atomic E-state index is -0.768. The normalized spacial score (nSPS) is 10.6. The van der Waals surface area contributed by atoms with Crippen molar-refractivity contribution in [2.24, 2.45) is 5.73 Å². The van der Waals surface area contributed by atoms with Crippen molar-refractivity contribution in [1.29, 1.82) is 0 Å². The molecule has 2 aromatic rings. The summed E-state index contributed by atoms with van der Waals surface area (Å²) in [4.78, 5) is 3.93. The van der Waals surface area contributed by atoms with E-state index >= 15 is 0 Å². The largest absolute Gasteiger partial charge is 0.444 e. The lowest BCUT2D eigenvalue weighted by atomic mass is 10.2. The summed E-state index contributed by atoms with van der Waals surface area (Å²) in [5.41, 5.74) is 5.22. The Labute approximate surface area is 120 Å². The number of hydrogen-bond donors (Lipinski definition) is 2. The highest BCUT2D eigenvalue weighted by Gasteiger charge is 2.13. The number of nitrogens with two attached hydrogens (primary N) is 1. The van der Waals surface area contributed by atoms with Crippen LogP contribution in [0.1, 0.15) is 24.1 Å². The Morgan fingerprint density at radius 2 is 2.05 bits per heavy atom. The maximum absolute atomic E-state index is 13.8. The zero-order valence-electron chi connectivity index (χ0n) is 10.7. The Balaban J connectivity index is 2.15. The van der Waals surface area contributed by atoms with Crippen LogP contribution in [0.3, 0.4) is 0 Å². The molecule has 0 unspecified atom stereocenters. The lowest BCUT2D eigenvalue weighted by Gasteiger charge is -2.08. The predicted octanol–water partition coefficient (Wildman–Crippen LogP) is 2.76. The minimum absolute atomic E-state index is 0.0605. The monoisotopic (exact) mass is 297 g/mol. The van der Waals surface area contributed by atoms with Gasteiger partial charge in [0.05, 0.1) is 12.7 Å². The van der Waals surface area contributed by atoms with Crippen LogP contribution >= 0.6 is 12.2 Å². The first-order valence-corrected chi connectivity index (χ1v) is 6.38. The van der Waals surface area contributed by atoms with Crippen molar-refractivity contribution in [3.63, 3.8) is 0 Å². The Kier molecular flexibility index (Phi) is 4.29. The molecular formula is C13H13F2N3OS. The van der Waals surface area contributed by atoms with Gasteiger partial charge in [-0.3, -0.25) is 0 Å². The van der Waals surface area contributed by atoms with E-state index in [1.54, 1.807) is 6.20 Å². The third-order valence-electron chi connectivity index (χ3n) is 2.69. The van der Waals surface area contributed by atoms with Crippen LogP contribution in [0.15, 0.2) is 22.7 Å². The topological polar surface area (TPSA) is 64.1 Å². The molecule has 0 saturated heterocycles. The molecule has 3 N–H and O–H groups in total.